The second kappa shape index (κ2) is 6.07. The number of aromatic nitrogens is 1. The molecule has 0 saturated carbocycles. The van der Waals surface area contributed by atoms with Crippen LogP contribution in [-0.4, -0.2) is 23.7 Å². The molecular formula is C11H16N2O3. The molecule has 1 aromatic heterocycles. The second-order valence-electron chi connectivity index (χ2n) is 3.56. The topological polar surface area (TPSA) is 76.3 Å². The van der Waals surface area contributed by atoms with Crippen LogP contribution in [0.2, 0.25) is 0 Å². The number of aliphatic hydroxyl groups excluding tert-OH is 1. The molecule has 0 bridgehead atoms. The normalized spacial score (nSPS) is 12.1. The Hall–Kier alpha value is -1.62. The summed E-state index contributed by atoms with van der Waals surface area (Å²) in [5.41, 5.74) is 0.0335. The molecular weight excluding hydrogens is 208 g/mol. The average Bonchev–Trinajstić information content (AvgIpc) is 2.27. The molecule has 2 N–H and O–H groups in total. The molecule has 1 aromatic rings. The van der Waals surface area contributed by atoms with E-state index in [2.05, 4.69) is 5.32 Å². The summed E-state index contributed by atoms with van der Waals surface area (Å²) in [6, 6.07) is 4.61. The first kappa shape index (κ1) is 12.4. The van der Waals surface area contributed by atoms with Gasteiger partial charge in [-0.25, -0.2) is 0 Å². The third-order valence-corrected chi connectivity index (χ3v) is 2.18. The summed E-state index contributed by atoms with van der Waals surface area (Å²) in [5.74, 6) is -0.467. The smallest absolute Gasteiger partial charge is 0.317 e. The summed E-state index contributed by atoms with van der Waals surface area (Å²) in [5, 5.41) is 23.2. The molecule has 0 aromatic carbocycles. The van der Waals surface area contributed by atoms with Gasteiger partial charge < -0.3 is 15.6 Å². The van der Waals surface area contributed by atoms with E-state index in [-0.39, 0.29) is 12.2 Å². The molecule has 5 heteroatoms. The van der Waals surface area contributed by atoms with Crippen molar-refractivity contribution in [3.63, 3.8) is 0 Å². The van der Waals surface area contributed by atoms with Gasteiger partial charge in [0.05, 0.1) is 6.10 Å². The number of nitrogens with zero attached hydrogens (tertiary/aromatic N) is 1. The maximum absolute atomic E-state index is 11.5. The van der Waals surface area contributed by atoms with Crippen LogP contribution in [0.1, 0.15) is 30.3 Å². The molecule has 5 nitrogen and oxygen atoms in total. The van der Waals surface area contributed by atoms with E-state index in [0.29, 0.717) is 11.2 Å². The maximum Gasteiger partial charge on any atom is 0.317 e. The molecule has 1 amide bonds. The minimum Gasteiger partial charge on any atom is -0.618 e. The maximum atomic E-state index is 11.5. The minimum atomic E-state index is -0.558. The number of carbonyl (C=O) groups excluding carboxylic acids is 1. The highest BCUT2D eigenvalue weighted by molar-refractivity contribution is 5.90. The first-order chi connectivity index (χ1) is 7.65. The summed E-state index contributed by atoms with van der Waals surface area (Å²) in [6.45, 7) is 2.12. The third-order valence-electron chi connectivity index (χ3n) is 2.18. The average molecular weight is 224 g/mol. The van der Waals surface area contributed by atoms with Gasteiger partial charge in [-0.05, 0) is 12.5 Å². The summed E-state index contributed by atoms with van der Waals surface area (Å²) < 4.78 is 0.502. The molecule has 1 rings (SSSR count). The summed E-state index contributed by atoms with van der Waals surface area (Å²) in [4.78, 5) is 11.5. The zero-order valence-electron chi connectivity index (χ0n) is 9.22. The van der Waals surface area contributed by atoms with E-state index in [9.17, 15) is 15.1 Å². The van der Waals surface area contributed by atoms with E-state index in [1.54, 1.807) is 12.1 Å². The van der Waals surface area contributed by atoms with Gasteiger partial charge in [-0.1, -0.05) is 13.3 Å². The van der Waals surface area contributed by atoms with Crippen LogP contribution in [0.25, 0.3) is 0 Å². The largest absolute Gasteiger partial charge is 0.618 e. The molecule has 1 unspecified atom stereocenters. The van der Waals surface area contributed by atoms with Crippen molar-refractivity contribution in [3.8, 4) is 0 Å². The Bertz CT molecular complexity index is 355. The predicted octanol–water partition coefficient (Wildman–Crippen LogP) is 0.211. The van der Waals surface area contributed by atoms with Crippen LogP contribution in [0, 0.1) is 5.21 Å². The molecule has 0 fully saturated rings. The van der Waals surface area contributed by atoms with Crippen molar-refractivity contribution in [1.29, 1.82) is 0 Å². The van der Waals surface area contributed by atoms with Crippen molar-refractivity contribution in [1.82, 2.24) is 5.32 Å². The predicted molar refractivity (Wildman–Crippen MR) is 58.7 cm³/mol. The van der Waals surface area contributed by atoms with Crippen LogP contribution in [0.5, 0.6) is 0 Å². The zero-order valence-corrected chi connectivity index (χ0v) is 9.22. The number of amides is 1. The Morgan fingerprint density at radius 3 is 3.00 bits per heavy atom. The van der Waals surface area contributed by atoms with Crippen molar-refractivity contribution in [2.75, 3.05) is 6.54 Å². The van der Waals surface area contributed by atoms with Crippen LogP contribution >= 0.6 is 0 Å². The number of rotatable bonds is 5. The molecule has 88 valence electrons. The Kier molecular flexibility index (Phi) is 4.72. The lowest BCUT2D eigenvalue weighted by atomic mass is 10.2. The fraction of sp³-hybridized carbons (Fsp3) is 0.455. The van der Waals surface area contributed by atoms with Crippen LogP contribution in [0.3, 0.4) is 0 Å². The van der Waals surface area contributed by atoms with E-state index in [1.165, 1.54) is 12.3 Å². The molecule has 0 aliphatic rings. The number of aliphatic hydroxyl groups is 1. The Labute approximate surface area is 94.3 Å². The van der Waals surface area contributed by atoms with E-state index < -0.39 is 12.0 Å². The van der Waals surface area contributed by atoms with Gasteiger partial charge >= 0.3 is 5.91 Å². The number of nitrogens with one attached hydrogen (secondary N) is 1. The van der Waals surface area contributed by atoms with Crippen molar-refractivity contribution in [3.05, 3.63) is 35.3 Å². The van der Waals surface area contributed by atoms with Gasteiger partial charge in [0, 0.05) is 18.7 Å². The summed E-state index contributed by atoms with van der Waals surface area (Å²) in [6.07, 6.45) is 2.19. The summed E-state index contributed by atoms with van der Waals surface area (Å²) >= 11 is 0. The highest BCUT2D eigenvalue weighted by atomic mass is 16.5. The van der Waals surface area contributed by atoms with E-state index in [0.717, 1.165) is 6.42 Å². The lowest BCUT2D eigenvalue weighted by molar-refractivity contribution is -0.607. The number of hydrogen-bond donors (Lipinski definition) is 2. The lowest BCUT2D eigenvalue weighted by Gasteiger charge is -2.10. The van der Waals surface area contributed by atoms with Gasteiger partial charge in [0.2, 0.25) is 0 Å². The molecule has 16 heavy (non-hydrogen) atoms. The monoisotopic (exact) mass is 224 g/mol. The fourth-order valence-electron chi connectivity index (χ4n) is 1.34. The van der Waals surface area contributed by atoms with Crippen molar-refractivity contribution >= 4 is 5.91 Å². The summed E-state index contributed by atoms with van der Waals surface area (Å²) in [7, 11) is 0. The first-order valence-corrected chi connectivity index (χ1v) is 5.29. The standard InChI is InChI=1S/C11H16N2O3/c1-2-5-9(14)8-12-11(15)10-6-3-4-7-13(10)16/h3-4,6-7,9,14H,2,5,8H2,1H3,(H,12,15). The molecule has 1 heterocycles. The molecule has 0 saturated heterocycles. The SMILES string of the molecule is CCCC(O)CNC(=O)c1cccc[n+]1[O-]. The van der Waals surface area contributed by atoms with Crippen LogP contribution in [0.15, 0.2) is 24.4 Å². The highest BCUT2D eigenvalue weighted by Gasteiger charge is 2.15. The quantitative estimate of drug-likeness (QED) is 0.554. The Morgan fingerprint density at radius 1 is 1.62 bits per heavy atom. The van der Waals surface area contributed by atoms with Crippen molar-refractivity contribution < 1.29 is 14.6 Å². The number of carbonyl (C=O) groups is 1. The lowest BCUT2D eigenvalue weighted by Crippen LogP contribution is -2.41. The van der Waals surface area contributed by atoms with Crippen LogP contribution in [-0.2, 0) is 0 Å². The number of hydrogen-bond acceptors (Lipinski definition) is 3. The first-order valence-electron chi connectivity index (χ1n) is 5.29. The van der Waals surface area contributed by atoms with Crippen LogP contribution < -0.4 is 10.0 Å². The fourth-order valence-corrected chi connectivity index (χ4v) is 1.34. The van der Waals surface area contributed by atoms with Gasteiger partial charge in [0.1, 0.15) is 0 Å². The van der Waals surface area contributed by atoms with Crippen molar-refractivity contribution in [2.45, 2.75) is 25.9 Å². The molecule has 0 aliphatic carbocycles. The van der Waals surface area contributed by atoms with Crippen LogP contribution in [0.4, 0.5) is 0 Å². The van der Waals surface area contributed by atoms with Gasteiger partial charge in [0.15, 0.2) is 6.20 Å². The van der Waals surface area contributed by atoms with Gasteiger partial charge in [0.25, 0.3) is 5.69 Å². The van der Waals surface area contributed by atoms with Crippen molar-refractivity contribution in [2.24, 2.45) is 0 Å². The third kappa shape index (κ3) is 3.51. The minimum absolute atomic E-state index is 0.0335. The number of pyridine rings is 1. The Balaban J connectivity index is 2.50. The molecule has 0 spiro atoms. The van der Waals surface area contributed by atoms with Gasteiger partial charge in [-0.15, -0.1) is 0 Å². The Morgan fingerprint density at radius 2 is 2.38 bits per heavy atom. The van der Waals surface area contributed by atoms with Gasteiger partial charge in [-0.2, -0.15) is 4.73 Å². The zero-order chi connectivity index (χ0) is 12.0. The highest BCUT2D eigenvalue weighted by Crippen LogP contribution is 1.95. The van der Waals surface area contributed by atoms with E-state index in [1.807, 2.05) is 6.92 Å². The molecule has 1 atom stereocenters. The second-order valence-corrected chi connectivity index (χ2v) is 3.56. The van der Waals surface area contributed by atoms with E-state index >= 15 is 0 Å². The van der Waals surface area contributed by atoms with Gasteiger partial charge in [-0.3, -0.25) is 4.79 Å². The molecule has 0 radical (unpaired) electrons. The molecule has 0 aliphatic heterocycles. The van der Waals surface area contributed by atoms with E-state index in [4.69, 9.17) is 0 Å².